The number of fused-ring (bicyclic) bond motifs is 1. The smallest absolute Gasteiger partial charge is 0.246 e. The number of nitrogens with zero attached hydrogens (tertiary/aromatic N) is 1. The number of ether oxygens (including phenoxy) is 2. The number of methoxy groups -OCH3 is 1. The van der Waals surface area contributed by atoms with Crippen LogP contribution in [0, 0.1) is 5.82 Å². The van der Waals surface area contributed by atoms with E-state index in [1.54, 1.807) is 0 Å². The number of sulfonamides is 1. The quantitative estimate of drug-likeness (QED) is 0.822. The third-order valence-corrected chi connectivity index (χ3v) is 6.97. The molecule has 138 valence electrons. The summed E-state index contributed by atoms with van der Waals surface area (Å²) in [6, 6.07) is 9.64. The Morgan fingerprint density at radius 1 is 1.23 bits per heavy atom. The Labute approximate surface area is 152 Å². The lowest BCUT2D eigenvalue weighted by Gasteiger charge is -2.19. The molecule has 2 aliphatic heterocycles. The number of hydrogen-bond donors (Lipinski definition) is 0. The molecular weight excluding hydrogens is 357 g/mol. The van der Waals surface area contributed by atoms with Crippen molar-refractivity contribution in [3.05, 3.63) is 53.3 Å². The van der Waals surface area contributed by atoms with Crippen LogP contribution in [0.3, 0.4) is 0 Å². The van der Waals surface area contributed by atoms with Crippen molar-refractivity contribution in [3.8, 4) is 11.5 Å². The van der Waals surface area contributed by atoms with E-state index >= 15 is 0 Å². The zero-order valence-corrected chi connectivity index (χ0v) is 15.3. The van der Waals surface area contributed by atoms with E-state index in [2.05, 4.69) is 6.07 Å². The van der Waals surface area contributed by atoms with Gasteiger partial charge in [-0.15, -0.1) is 0 Å². The van der Waals surface area contributed by atoms with Crippen molar-refractivity contribution in [2.75, 3.05) is 26.8 Å². The summed E-state index contributed by atoms with van der Waals surface area (Å²) in [6.07, 6.45) is 1.62. The molecule has 1 atom stereocenters. The van der Waals surface area contributed by atoms with Gasteiger partial charge in [-0.25, -0.2) is 12.8 Å². The first kappa shape index (κ1) is 17.3. The summed E-state index contributed by atoms with van der Waals surface area (Å²) in [5, 5.41) is 0. The molecular formula is C19H20FNO4S. The second-order valence-corrected chi connectivity index (χ2v) is 8.52. The first-order chi connectivity index (χ1) is 12.5. The van der Waals surface area contributed by atoms with E-state index in [1.807, 2.05) is 12.1 Å². The van der Waals surface area contributed by atoms with E-state index in [9.17, 15) is 12.8 Å². The summed E-state index contributed by atoms with van der Waals surface area (Å²) in [4.78, 5) is -0.122. The highest BCUT2D eigenvalue weighted by Gasteiger charge is 2.35. The van der Waals surface area contributed by atoms with Gasteiger partial charge in [-0.05, 0) is 47.7 Å². The van der Waals surface area contributed by atoms with Crippen LogP contribution in [0.2, 0.25) is 0 Å². The third-order valence-electron chi connectivity index (χ3n) is 5.08. The van der Waals surface area contributed by atoms with Gasteiger partial charge in [0.1, 0.15) is 22.2 Å². The van der Waals surface area contributed by atoms with E-state index in [-0.39, 0.29) is 16.6 Å². The van der Waals surface area contributed by atoms with Crippen molar-refractivity contribution in [1.82, 2.24) is 4.31 Å². The molecule has 26 heavy (non-hydrogen) atoms. The monoisotopic (exact) mass is 377 g/mol. The average molecular weight is 377 g/mol. The van der Waals surface area contributed by atoms with Gasteiger partial charge in [0.05, 0.1) is 13.7 Å². The third kappa shape index (κ3) is 2.95. The van der Waals surface area contributed by atoms with Gasteiger partial charge >= 0.3 is 0 Å². The second kappa shape index (κ2) is 6.55. The fourth-order valence-electron chi connectivity index (χ4n) is 3.67. The maximum Gasteiger partial charge on any atom is 0.246 e. The Morgan fingerprint density at radius 3 is 2.88 bits per heavy atom. The first-order valence-electron chi connectivity index (χ1n) is 8.58. The minimum Gasteiger partial charge on any atom is -0.495 e. The molecule has 0 radical (unpaired) electrons. The highest BCUT2D eigenvalue weighted by molar-refractivity contribution is 7.89. The molecule has 0 unspecified atom stereocenters. The zero-order chi connectivity index (χ0) is 18.3. The lowest BCUT2D eigenvalue weighted by Crippen LogP contribution is -2.29. The maximum atomic E-state index is 13.6. The summed E-state index contributed by atoms with van der Waals surface area (Å²) in [5.74, 6) is 0.597. The molecule has 5 nitrogen and oxygen atoms in total. The van der Waals surface area contributed by atoms with Crippen LogP contribution in [0.4, 0.5) is 4.39 Å². The molecule has 4 rings (SSSR count). The van der Waals surface area contributed by atoms with E-state index < -0.39 is 15.8 Å². The van der Waals surface area contributed by atoms with E-state index in [0.29, 0.717) is 19.7 Å². The van der Waals surface area contributed by atoms with E-state index in [0.717, 1.165) is 30.2 Å². The molecule has 0 N–H and O–H groups in total. The molecule has 0 spiro atoms. The van der Waals surface area contributed by atoms with Crippen LogP contribution >= 0.6 is 0 Å². The predicted octanol–water partition coefficient (Wildman–Crippen LogP) is 2.95. The Hall–Kier alpha value is -2.12. The number of rotatable bonds is 4. The topological polar surface area (TPSA) is 55.8 Å². The van der Waals surface area contributed by atoms with Crippen LogP contribution in [0.1, 0.15) is 23.5 Å². The molecule has 1 fully saturated rings. The Bertz CT molecular complexity index is 945. The molecule has 0 amide bonds. The number of hydrogen-bond acceptors (Lipinski definition) is 4. The SMILES string of the molecule is COc1ccc(F)cc1S(=O)(=O)N1CC[C@@H](c2ccc3c(c2)CCO3)C1. The average Bonchev–Trinajstić information content (AvgIpc) is 3.30. The summed E-state index contributed by atoms with van der Waals surface area (Å²) >= 11 is 0. The summed E-state index contributed by atoms with van der Waals surface area (Å²) in [5.41, 5.74) is 2.30. The minimum absolute atomic E-state index is 0.121. The van der Waals surface area contributed by atoms with Crippen LogP contribution in [-0.4, -0.2) is 39.5 Å². The zero-order valence-electron chi connectivity index (χ0n) is 14.4. The van der Waals surface area contributed by atoms with Gasteiger partial charge in [0, 0.05) is 19.5 Å². The van der Waals surface area contributed by atoms with Gasteiger partial charge in [0.15, 0.2) is 0 Å². The van der Waals surface area contributed by atoms with Crippen molar-refractivity contribution in [1.29, 1.82) is 0 Å². The minimum atomic E-state index is -3.81. The standard InChI is InChI=1S/C19H20FNO4S/c1-24-18-5-3-16(20)11-19(18)26(22,23)21-8-6-15(12-21)13-2-4-17-14(10-13)7-9-25-17/h2-5,10-11,15H,6-9,12H2,1H3/t15-/m1/s1. The highest BCUT2D eigenvalue weighted by Crippen LogP contribution is 2.36. The molecule has 0 aromatic heterocycles. The van der Waals surface area contributed by atoms with Crippen LogP contribution in [0.5, 0.6) is 11.5 Å². The molecule has 0 aliphatic carbocycles. The Morgan fingerprint density at radius 2 is 2.08 bits per heavy atom. The molecule has 0 saturated carbocycles. The van der Waals surface area contributed by atoms with Gasteiger partial charge < -0.3 is 9.47 Å². The van der Waals surface area contributed by atoms with Gasteiger partial charge in [-0.1, -0.05) is 12.1 Å². The number of halogens is 1. The second-order valence-electron chi connectivity index (χ2n) is 6.61. The maximum absolute atomic E-state index is 13.6. The van der Waals surface area contributed by atoms with Crippen molar-refractivity contribution in [2.45, 2.75) is 23.7 Å². The van der Waals surface area contributed by atoms with Crippen molar-refractivity contribution >= 4 is 10.0 Å². The number of benzene rings is 2. The van der Waals surface area contributed by atoms with Gasteiger partial charge in [-0.3, -0.25) is 0 Å². The van der Waals surface area contributed by atoms with Gasteiger partial charge in [0.25, 0.3) is 0 Å². The van der Waals surface area contributed by atoms with Crippen molar-refractivity contribution in [3.63, 3.8) is 0 Å². The van der Waals surface area contributed by atoms with Crippen molar-refractivity contribution < 1.29 is 22.3 Å². The van der Waals surface area contributed by atoms with Gasteiger partial charge in [0.2, 0.25) is 10.0 Å². The molecule has 2 aliphatic rings. The molecule has 2 aromatic carbocycles. The highest BCUT2D eigenvalue weighted by atomic mass is 32.2. The Balaban J connectivity index is 1.59. The van der Waals surface area contributed by atoms with Gasteiger partial charge in [-0.2, -0.15) is 4.31 Å². The normalized spacial score (nSPS) is 20.0. The molecule has 0 bridgehead atoms. The lowest BCUT2D eigenvalue weighted by molar-refractivity contribution is 0.357. The van der Waals surface area contributed by atoms with E-state index in [4.69, 9.17) is 9.47 Å². The Kier molecular flexibility index (Phi) is 4.36. The fraction of sp³-hybridized carbons (Fsp3) is 0.368. The fourth-order valence-corrected chi connectivity index (χ4v) is 5.34. The van der Waals surface area contributed by atoms with Crippen LogP contribution in [-0.2, 0) is 16.4 Å². The summed E-state index contributed by atoms with van der Waals surface area (Å²) < 4.78 is 51.7. The summed E-state index contributed by atoms with van der Waals surface area (Å²) in [7, 11) is -2.43. The molecule has 1 saturated heterocycles. The van der Waals surface area contributed by atoms with Crippen LogP contribution in [0.25, 0.3) is 0 Å². The molecule has 7 heteroatoms. The first-order valence-corrected chi connectivity index (χ1v) is 10.0. The molecule has 2 aromatic rings. The summed E-state index contributed by atoms with van der Waals surface area (Å²) in [6.45, 7) is 1.48. The largest absolute Gasteiger partial charge is 0.495 e. The van der Waals surface area contributed by atoms with E-state index in [1.165, 1.54) is 29.1 Å². The molecule has 2 heterocycles. The van der Waals surface area contributed by atoms with Crippen LogP contribution in [0.15, 0.2) is 41.3 Å². The van der Waals surface area contributed by atoms with Crippen LogP contribution < -0.4 is 9.47 Å². The lowest BCUT2D eigenvalue weighted by atomic mass is 9.96. The predicted molar refractivity (Wildman–Crippen MR) is 94.7 cm³/mol. The van der Waals surface area contributed by atoms with Crippen molar-refractivity contribution in [2.24, 2.45) is 0 Å².